The van der Waals surface area contributed by atoms with Crippen LogP contribution in [0.5, 0.6) is 0 Å². The second kappa shape index (κ2) is 5.10. The molecule has 0 amide bonds. The van der Waals surface area contributed by atoms with Gasteiger partial charge < -0.3 is 10.2 Å². The molecule has 2 nitrogen and oxygen atoms in total. The summed E-state index contributed by atoms with van der Waals surface area (Å²) in [6.45, 7) is 2.01. The third-order valence-corrected chi connectivity index (χ3v) is 3.58. The molecule has 0 spiro atoms. The molecule has 0 aliphatic carbocycles. The first-order valence-electron chi connectivity index (χ1n) is 6.72. The highest BCUT2D eigenvalue weighted by Crippen LogP contribution is 2.34. The zero-order chi connectivity index (χ0) is 14.1. The number of benzene rings is 2. The standard InChI is InChI=1S/C17H16FNO/c1-2-14-16(12-8-4-6-10-15(12)20-14)17(19)11-7-3-5-9-13(11)18/h3-10,17H,2,19H2,1H3. The van der Waals surface area contributed by atoms with E-state index < -0.39 is 6.04 Å². The Morgan fingerprint density at radius 1 is 1.10 bits per heavy atom. The van der Waals surface area contributed by atoms with Gasteiger partial charge in [-0.2, -0.15) is 0 Å². The Kier molecular flexibility index (Phi) is 3.28. The van der Waals surface area contributed by atoms with E-state index in [9.17, 15) is 4.39 Å². The van der Waals surface area contributed by atoms with Gasteiger partial charge in [0.2, 0.25) is 0 Å². The van der Waals surface area contributed by atoms with Crippen LogP contribution in [0.15, 0.2) is 52.9 Å². The van der Waals surface area contributed by atoms with Crippen LogP contribution < -0.4 is 5.73 Å². The molecule has 3 rings (SSSR count). The summed E-state index contributed by atoms with van der Waals surface area (Å²) in [5.41, 5.74) is 8.48. The van der Waals surface area contributed by atoms with Gasteiger partial charge in [-0.05, 0) is 12.1 Å². The molecule has 1 heterocycles. The Balaban J connectivity index is 2.21. The van der Waals surface area contributed by atoms with Crippen molar-refractivity contribution in [3.8, 4) is 0 Å². The van der Waals surface area contributed by atoms with Gasteiger partial charge in [0.05, 0.1) is 6.04 Å². The maximum absolute atomic E-state index is 14.0. The molecule has 0 saturated carbocycles. The van der Waals surface area contributed by atoms with Gasteiger partial charge >= 0.3 is 0 Å². The van der Waals surface area contributed by atoms with Gasteiger partial charge in [0, 0.05) is 22.9 Å². The summed E-state index contributed by atoms with van der Waals surface area (Å²) in [7, 11) is 0. The summed E-state index contributed by atoms with van der Waals surface area (Å²) < 4.78 is 19.8. The number of fused-ring (bicyclic) bond motifs is 1. The average molecular weight is 269 g/mol. The van der Waals surface area contributed by atoms with Crippen LogP contribution in [0.2, 0.25) is 0 Å². The molecule has 1 atom stereocenters. The van der Waals surface area contributed by atoms with Crippen LogP contribution >= 0.6 is 0 Å². The van der Waals surface area contributed by atoms with Crippen molar-refractivity contribution in [3.63, 3.8) is 0 Å². The van der Waals surface area contributed by atoms with Crippen molar-refractivity contribution in [1.29, 1.82) is 0 Å². The van der Waals surface area contributed by atoms with Crippen molar-refractivity contribution in [2.45, 2.75) is 19.4 Å². The van der Waals surface area contributed by atoms with Gasteiger partial charge in [0.1, 0.15) is 17.2 Å². The smallest absolute Gasteiger partial charge is 0.134 e. The average Bonchev–Trinajstić information content (AvgIpc) is 2.85. The fraction of sp³-hybridized carbons (Fsp3) is 0.176. The third kappa shape index (κ3) is 2.00. The summed E-state index contributed by atoms with van der Waals surface area (Å²) in [6, 6.07) is 13.8. The number of aryl methyl sites for hydroxylation is 1. The molecule has 3 heteroatoms. The molecular formula is C17H16FNO. The molecule has 2 aromatic carbocycles. The third-order valence-electron chi connectivity index (χ3n) is 3.58. The summed E-state index contributed by atoms with van der Waals surface area (Å²) in [6.07, 6.45) is 0.728. The van der Waals surface area contributed by atoms with Crippen molar-refractivity contribution in [3.05, 3.63) is 71.2 Å². The normalized spacial score (nSPS) is 12.8. The lowest BCUT2D eigenvalue weighted by atomic mass is 9.95. The fourth-order valence-electron chi connectivity index (χ4n) is 2.60. The predicted molar refractivity (Wildman–Crippen MR) is 78.0 cm³/mol. The van der Waals surface area contributed by atoms with E-state index in [1.54, 1.807) is 18.2 Å². The van der Waals surface area contributed by atoms with E-state index in [0.717, 1.165) is 28.7 Å². The molecule has 1 aromatic heterocycles. The van der Waals surface area contributed by atoms with Gasteiger partial charge in [-0.3, -0.25) is 0 Å². The maximum atomic E-state index is 14.0. The molecule has 0 aliphatic rings. The van der Waals surface area contributed by atoms with E-state index in [1.165, 1.54) is 6.07 Å². The topological polar surface area (TPSA) is 39.2 Å². The fourth-order valence-corrected chi connectivity index (χ4v) is 2.60. The SMILES string of the molecule is CCc1oc2ccccc2c1C(N)c1ccccc1F. The molecular weight excluding hydrogens is 253 g/mol. The van der Waals surface area contributed by atoms with E-state index in [0.29, 0.717) is 5.56 Å². The minimum atomic E-state index is -0.519. The molecule has 3 aromatic rings. The summed E-state index contributed by atoms with van der Waals surface area (Å²) in [5, 5.41) is 0.958. The summed E-state index contributed by atoms with van der Waals surface area (Å²) in [4.78, 5) is 0. The molecule has 20 heavy (non-hydrogen) atoms. The minimum Gasteiger partial charge on any atom is -0.461 e. The van der Waals surface area contributed by atoms with Crippen LogP contribution in [-0.2, 0) is 6.42 Å². The largest absolute Gasteiger partial charge is 0.461 e. The van der Waals surface area contributed by atoms with Crippen LogP contribution in [0.4, 0.5) is 4.39 Å². The maximum Gasteiger partial charge on any atom is 0.134 e. The quantitative estimate of drug-likeness (QED) is 0.774. The Morgan fingerprint density at radius 2 is 1.80 bits per heavy atom. The van der Waals surface area contributed by atoms with E-state index in [2.05, 4.69) is 0 Å². The molecule has 0 saturated heterocycles. The zero-order valence-electron chi connectivity index (χ0n) is 11.3. The predicted octanol–water partition coefficient (Wildman–Crippen LogP) is 4.18. The van der Waals surface area contributed by atoms with Gasteiger partial charge in [-0.15, -0.1) is 0 Å². The van der Waals surface area contributed by atoms with Crippen LogP contribution in [0, 0.1) is 5.82 Å². The number of para-hydroxylation sites is 1. The second-order valence-electron chi connectivity index (χ2n) is 4.79. The first-order valence-corrected chi connectivity index (χ1v) is 6.72. The highest BCUT2D eigenvalue weighted by Gasteiger charge is 2.22. The molecule has 0 bridgehead atoms. The van der Waals surface area contributed by atoms with E-state index in [1.807, 2.05) is 31.2 Å². The van der Waals surface area contributed by atoms with Crippen molar-refractivity contribution >= 4 is 11.0 Å². The number of hydrogen-bond acceptors (Lipinski definition) is 2. The zero-order valence-corrected chi connectivity index (χ0v) is 11.3. The second-order valence-corrected chi connectivity index (χ2v) is 4.79. The van der Waals surface area contributed by atoms with Gasteiger partial charge in [0.25, 0.3) is 0 Å². The number of nitrogens with two attached hydrogens (primary N) is 1. The van der Waals surface area contributed by atoms with Gasteiger partial charge in [0.15, 0.2) is 0 Å². The molecule has 102 valence electrons. The molecule has 0 fully saturated rings. The lowest BCUT2D eigenvalue weighted by molar-refractivity contribution is 0.543. The Labute approximate surface area is 117 Å². The highest BCUT2D eigenvalue weighted by atomic mass is 19.1. The molecule has 1 unspecified atom stereocenters. The number of halogens is 1. The monoisotopic (exact) mass is 269 g/mol. The number of furan rings is 1. The molecule has 0 aliphatic heterocycles. The lowest BCUT2D eigenvalue weighted by Gasteiger charge is -2.13. The van der Waals surface area contributed by atoms with Gasteiger partial charge in [-0.25, -0.2) is 4.39 Å². The number of hydrogen-bond donors (Lipinski definition) is 1. The van der Waals surface area contributed by atoms with E-state index in [-0.39, 0.29) is 5.82 Å². The minimum absolute atomic E-state index is 0.285. The first kappa shape index (κ1) is 12.9. The van der Waals surface area contributed by atoms with Crippen molar-refractivity contribution < 1.29 is 8.81 Å². The van der Waals surface area contributed by atoms with Crippen LogP contribution in [-0.4, -0.2) is 0 Å². The van der Waals surface area contributed by atoms with Crippen molar-refractivity contribution in [1.82, 2.24) is 0 Å². The lowest BCUT2D eigenvalue weighted by Crippen LogP contribution is -2.14. The highest BCUT2D eigenvalue weighted by molar-refractivity contribution is 5.83. The Hall–Kier alpha value is -2.13. The van der Waals surface area contributed by atoms with Crippen LogP contribution in [0.1, 0.15) is 29.9 Å². The Morgan fingerprint density at radius 3 is 2.55 bits per heavy atom. The van der Waals surface area contributed by atoms with Crippen LogP contribution in [0.3, 0.4) is 0 Å². The van der Waals surface area contributed by atoms with Crippen molar-refractivity contribution in [2.75, 3.05) is 0 Å². The molecule has 0 radical (unpaired) electrons. The van der Waals surface area contributed by atoms with E-state index >= 15 is 0 Å². The van der Waals surface area contributed by atoms with Crippen LogP contribution in [0.25, 0.3) is 11.0 Å². The number of rotatable bonds is 3. The van der Waals surface area contributed by atoms with Crippen molar-refractivity contribution in [2.24, 2.45) is 5.73 Å². The first-order chi connectivity index (χ1) is 9.72. The van der Waals surface area contributed by atoms with Gasteiger partial charge in [-0.1, -0.05) is 43.3 Å². The Bertz CT molecular complexity index is 748. The summed E-state index contributed by atoms with van der Waals surface area (Å²) >= 11 is 0. The summed E-state index contributed by atoms with van der Waals surface area (Å²) in [5.74, 6) is 0.536. The molecule has 2 N–H and O–H groups in total. The van der Waals surface area contributed by atoms with E-state index in [4.69, 9.17) is 10.2 Å².